The van der Waals surface area contributed by atoms with E-state index < -0.39 is 28.5 Å². The summed E-state index contributed by atoms with van der Waals surface area (Å²) in [6, 6.07) is 17.2. The van der Waals surface area contributed by atoms with Crippen molar-refractivity contribution in [3.05, 3.63) is 82.9 Å². The molecule has 0 fully saturated rings. The smallest absolute Gasteiger partial charge is 0.264 e. The molecular formula is C31H38ClN3O6S. The highest BCUT2D eigenvalue weighted by Crippen LogP contribution is 2.36. The first kappa shape index (κ1) is 32.8. The Kier molecular flexibility index (Phi) is 11.6. The number of halogens is 1. The van der Waals surface area contributed by atoms with E-state index in [9.17, 15) is 18.0 Å². The number of hydrogen-bond donors (Lipinski definition) is 1. The van der Waals surface area contributed by atoms with Gasteiger partial charge in [0.25, 0.3) is 10.0 Å². The summed E-state index contributed by atoms with van der Waals surface area (Å²) in [5.74, 6) is -0.314. The molecular weight excluding hydrogens is 578 g/mol. The lowest BCUT2D eigenvalue weighted by Crippen LogP contribution is -2.52. The molecule has 0 aliphatic carbocycles. The summed E-state index contributed by atoms with van der Waals surface area (Å²) in [7, 11) is -1.41. The van der Waals surface area contributed by atoms with Crippen LogP contribution in [0.4, 0.5) is 5.69 Å². The van der Waals surface area contributed by atoms with Crippen molar-refractivity contribution in [3.63, 3.8) is 0 Å². The van der Waals surface area contributed by atoms with Crippen molar-refractivity contribution in [1.82, 2.24) is 10.2 Å². The molecule has 3 rings (SSSR count). The molecule has 3 aromatic carbocycles. The molecule has 11 heteroatoms. The Morgan fingerprint density at radius 1 is 0.976 bits per heavy atom. The largest absolute Gasteiger partial charge is 0.497 e. The highest BCUT2D eigenvalue weighted by Gasteiger charge is 2.35. The van der Waals surface area contributed by atoms with Crippen LogP contribution in [0.25, 0.3) is 0 Å². The fraction of sp³-hybridized carbons (Fsp3) is 0.355. The molecule has 2 amide bonds. The van der Waals surface area contributed by atoms with Crippen molar-refractivity contribution in [3.8, 4) is 11.5 Å². The van der Waals surface area contributed by atoms with Gasteiger partial charge in [0.05, 0.1) is 24.8 Å². The zero-order chi connectivity index (χ0) is 30.9. The highest BCUT2D eigenvalue weighted by atomic mass is 35.5. The molecule has 1 unspecified atom stereocenters. The SMILES string of the molecule is CCCNC(=O)C(CC)N(Cc1ccccc1Cl)C(=O)CN(c1cc(OC)ccc1OC)S(=O)(=O)c1ccc(C)cc1. The molecule has 0 bridgehead atoms. The number of sulfonamides is 1. The monoisotopic (exact) mass is 615 g/mol. The topological polar surface area (TPSA) is 105 Å². The van der Waals surface area contributed by atoms with Crippen LogP contribution in [0.2, 0.25) is 5.02 Å². The van der Waals surface area contributed by atoms with Crippen molar-refractivity contribution < 1.29 is 27.5 Å². The van der Waals surface area contributed by atoms with Crippen LogP contribution in [0.15, 0.2) is 71.6 Å². The van der Waals surface area contributed by atoms with Gasteiger partial charge in [-0.2, -0.15) is 0 Å². The van der Waals surface area contributed by atoms with Crippen LogP contribution in [0.1, 0.15) is 37.8 Å². The Bertz CT molecular complexity index is 1480. The number of aryl methyl sites for hydroxylation is 1. The standard InChI is InChI=1S/C31H38ClN3O6S/c1-6-18-33-31(37)27(7-2)34(20-23-10-8-9-11-26(23)32)30(36)21-35(28-19-24(40-4)14-17-29(28)41-5)42(38,39)25-15-12-22(3)13-16-25/h8-17,19,27H,6-7,18,20-21H2,1-5H3,(H,33,37). The van der Waals surface area contributed by atoms with Crippen molar-refractivity contribution in [2.24, 2.45) is 0 Å². The van der Waals surface area contributed by atoms with Gasteiger partial charge in [-0.25, -0.2) is 8.42 Å². The molecule has 0 saturated carbocycles. The van der Waals surface area contributed by atoms with Gasteiger partial charge in [0.1, 0.15) is 24.1 Å². The number of benzene rings is 3. The van der Waals surface area contributed by atoms with Gasteiger partial charge in [-0.3, -0.25) is 13.9 Å². The quantitative estimate of drug-likeness (QED) is 0.267. The van der Waals surface area contributed by atoms with Gasteiger partial charge in [-0.15, -0.1) is 0 Å². The average molecular weight is 616 g/mol. The number of ether oxygens (including phenoxy) is 2. The molecule has 0 heterocycles. The summed E-state index contributed by atoms with van der Waals surface area (Å²) in [5, 5.41) is 3.29. The van der Waals surface area contributed by atoms with E-state index in [-0.39, 0.29) is 28.8 Å². The van der Waals surface area contributed by atoms with E-state index >= 15 is 0 Å². The number of amides is 2. The van der Waals surface area contributed by atoms with Gasteiger partial charge in [0.2, 0.25) is 11.8 Å². The molecule has 0 spiro atoms. The Balaban J connectivity index is 2.15. The van der Waals surface area contributed by atoms with Gasteiger partial charge < -0.3 is 19.7 Å². The number of rotatable bonds is 14. The van der Waals surface area contributed by atoms with Crippen LogP contribution in [-0.2, 0) is 26.2 Å². The highest BCUT2D eigenvalue weighted by molar-refractivity contribution is 7.92. The lowest BCUT2D eigenvalue weighted by molar-refractivity contribution is -0.140. The molecule has 0 saturated heterocycles. The van der Waals surface area contributed by atoms with E-state index in [0.29, 0.717) is 29.3 Å². The zero-order valence-electron chi connectivity index (χ0n) is 24.6. The molecule has 0 aliphatic heterocycles. The Labute approximate surface area is 253 Å². The minimum Gasteiger partial charge on any atom is -0.497 e. The van der Waals surface area contributed by atoms with Gasteiger partial charge in [-0.1, -0.05) is 61.3 Å². The zero-order valence-corrected chi connectivity index (χ0v) is 26.2. The summed E-state index contributed by atoms with van der Waals surface area (Å²) in [4.78, 5) is 28.9. The second kappa shape index (κ2) is 14.9. The minimum absolute atomic E-state index is 0.00356. The Hall–Kier alpha value is -3.76. The van der Waals surface area contributed by atoms with Crippen LogP contribution in [0.5, 0.6) is 11.5 Å². The predicted octanol–water partition coefficient (Wildman–Crippen LogP) is 5.19. The number of anilines is 1. The Morgan fingerprint density at radius 3 is 2.26 bits per heavy atom. The number of nitrogens with one attached hydrogen (secondary N) is 1. The second-order valence-electron chi connectivity index (χ2n) is 9.69. The van der Waals surface area contributed by atoms with Crippen molar-refractivity contribution >= 4 is 39.1 Å². The summed E-state index contributed by atoms with van der Waals surface area (Å²) in [6.07, 6.45) is 1.03. The van der Waals surface area contributed by atoms with E-state index in [4.69, 9.17) is 21.1 Å². The summed E-state index contributed by atoms with van der Waals surface area (Å²) in [6.45, 7) is 5.42. The molecule has 0 aliphatic rings. The molecule has 0 aromatic heterocycles. The molecule has 1 atom stereocenters. The molecule has 1 N–H and O–H groups in total. The fourth-order valence-corrected chi connectivity index (χ4v) is 6.05. The molecule has 226 valence electrons. The maximum Gasteiger partial charge on any atom is 0.264 e. The van der Waals surface area contributed by atoms with Crippen molar-refractivity contribution in [2.45, 2.75) is 51.1 Å². The molecule has 0 radical (unpaired) electrons. The van der Waals surface area contributed by atoms with Crippen molar-refractivity contribution in [2.75, 3.05) is 31.6 Å². The summed E-state index contributed by atoms with van der Waals surface area (Å²) < 4.78 is 40.2. The third-order valence-corrected chi connectivity index (χ3v) is 8.92. The predicted molar refractivity (Wildman–Crippen MR) is 165 cm³/mol. The number of nitrogens with zero attached hydrogens (tertiary/aromatic N) is 2. The lowest BCUT2D eigenvalue weighted by atomic mass is 10.1. The Morgan fingerprint density at radius 2 is 1.67 bits per heavy atom. The van der Waals surface area contributed by atoms with Gasteiger partial charge >= 0.3 is 0 Å². The fourth-order valence-electron chi connectivity index (χ4n) is 4.44. The van der Waals surface area contributed by atoms with Crippen LogP contribution in [-0.4, -0.2) is 58.5 Å². The maximum atomic E-state index is 14.2. The number of methoxy groups -OCH3 is 2. The summed E-state index contributed by atoms with van der Waals surface area (Å²) >= 11 is 6.45. The minimum atomic E-state index is -4.28. The third-order valence-electron chi connectivity index (χ3n) is 6.78. The lowest BCUT2D eigenvalue weighted by Gasteiger charge is -2.33. The number of carbonyl (C=O) groups excluding carboxylic acids is 2. The molecule has 42 heavy (non-hydrogen) atoms. The normalized spacial score (nSPS) is 11.9. The summed E-state index contributed by atoms with van der Waals surface area (Å²) in [5.41, 5.74) is 1.62. The van der Waals surface area contributed by atoms with Gasteiger partial charge in [0, 0.05) is 24.2 Å². The van der Waals surface area contributed by atoms with E-state index in [1.165, 1.54) is 37.3 Å². The van der Waals surface area contributed by atoms with Crippen LogP contribution in [0.3, 0.4) is 0 Å². The van der Waals surface area contributed by atoms with E-state index in [2.05, 4.69) is 5.32 Å². The number of hydrogen-bond acceptors (Lipinski definition) is 6. The first-order valence-electron chi connectivity index (χ1n) is 13.7. The van der Waals surface area contributed by atoms with E-state index in [0.717, 1.165) is 16.3 Å². The van der Waals surface area contributed by atoms with Crippen LogP contribution >= 0.6 is 11.6 Å². The van der Waals surface area contributed by atoms with E-state index in [1.807, 2.05) is 13.8 Å². The van der Waals surface area contributed by atoms with E-state index in [1.54, 1.807) is 55.5 Å². The number of carbonyl (C=O) groups is 2. The molecule has 3 aromatic rings. The third kappa shape index (κ3) is 7.74. The van der Waals surface area contributed by atoms with Crippen LogP contribution in [0, 0.1) is 6.92 Å². The second-order valence-corrected chi connectivity index (χ2v) is 12.0. The average Bonchev–Trinajstić information content (AvgIpc) is 2.99. The maximum absolute atomic E-state index is 14.2. The first-order valence-corrected chi connectivity index (χ1v) is 15.5. The van der Waals surface area contributed by atoms with Crippen molar-refractivity contribution in [1.29, 1.82) is 0 Å². The van der Waals surface area contributed by atoms with Gasteiger partial charge in [0.15, 0.2) is 0 Å². The van der Waals surface area contributed by atoms with Crippen LogP contribution < -0.4 is 19.1 Å². The first-order chi connectivity index (χ1) is 20.1. The van der Waals surface area contributed by atoms with Gasteiger partial charge in [-0.05, 0) is 55.7 Å². The molecule has 9 nitrogen and oxygen atoms in total.